The SMILES string of the molecule is C1CCCCC1.CCc1nc2ccc(-c3ccc4c(-c5ccccc5)c5ccccc5c(-c5ccccc5)c4c3)c3c2n1-c1ccccc1C3(C)C.CCc1nc2cccc3c2n1-c1cccc(-c2c4ccccc4c(-c4ccccc4)c4ccccc24)c1C3(C)C.Cc1nc2ccc(-c3c4ccccc4c(-c4ccccc4)c4ccccc34)c3c2n1-c1ccccc1C3(C)C. The summed E-state index contributed by atoms with van der Waals surface area (Å²) in [6, 6.07) is 135. The van der Waals surface area contributed by atoms with Gasteiger partial charge in [0.25, 0.3) is 0 Å². The minimum Gasteiger partial charge on any atom is -0.296 e. The van der Waals surface area contributed by atoms with E-state index in [9.17, 15) is 0 Å². The molecule has 3 aromatic heterocycles. The lowest BCUT2D eigenvalue weighted by molar-refractivity contribution is 0.504. The number of imidazole rings is 3. The summed E-state index contributed by atoms with van der Waals surface area (Å²) in [5.74, 6) is 3.26. The van der Waals surface area contributed by atoms with E-state index in [-0.39, 0.29) is 16.2 Å². The van der Waals surface area contributed by atoms with Crippen LogP contribution >= 0.6 is 0 Å². The maximum Gasteiger partial charge on any atom is 0.114 e. The molecule has 1 saturated carbocycles. The Morgan fingerprint density at radius 1 is 0.229 bits per heavy atom. The Hall–Kier alpha value is -14.9. The van der Waals surface area contributed by atoms with Crippen LogP contribution in [0.4, 0.5) is 0 Å². The summed E-state index contributed by atoms with van der Waals surface area (Å²) in [7, 11) is 0. The molecule has 6 heterocycles. The van der Waals surface area contributed by atoms with Crippen LogP contribution in [0.1, 0.15) is 145 Å². The van der Waals surface area contributed by atoms with Crippen molar-refractivity contribution in [2.75, 3.05) is 0 Å². The van der Waals surface area contributed by atoms with Crippen molar-refractivity contribution in [3.8, 4) is 95.0 Å². The lowest BCUT2D eigenvalue weighted by atomic mass is 9.71. The number of hydrogen-bond acceptors (Lipinski definition) is 3. The maximum absolute atomic E-state index is 5.15. The summed E-state index contributed by atoms with van der Waals surface area (Å²) in [5, 5.41) is 15.4. The highest BCUT2D eigenvalue weighted by atomic mass is 15.1. The minimum atomic E-state index is -0.206. The number of fused-ring (bicyclic) bond motifs is 12. The third-order valence-electron chi connectivity index (χ3n) is 29.2. The van der Waals surface area contributed by atoms with Gasteiger partial charge in [-0.25, -0.2) is 15.0 Å². The second-order valence-corrected chi connectivity index (χ2v) is 37.7. The Morgan fingerprint density at radius 2 is 0.534 bits per heavy atom. The molecule has 1 fully saturated rings. The predicted molar refractivity (Wildman–Crippen MR) is 554 cm³/mol. The summed E-state index contributed by atoms with van der Waals surface area (Å²) < 4.78 is 7.22. The summed E-state index contributed by atoms with van der Waals surface area (Å²) in [4.78, 5) is 15.3. The van der Waals surface area contributed by atoms with Gasteiger partial charge in [-0.1, -0.05) is 421 Å². The average molecular weight is 1690 g/mol. The second kappa shape index (κ2) is 32.1. The number of benzene rings is 19. The molecule has 0 radical (unpaired) electrons. The number of aromatic nitrogens is 6. The molecule has 0 saturated heterocycles. The van der Waals surface area contributed by atoms with Gasteiger partial charge in [-0.2, -0.15) is 0 Å². The highest BCUT2D eigenvalue weighted by Gasteiger charge is 2.42. The van der Waals surface area contributed by atoms with E-state index in [1.165, 1.54) is 248 Å². The first-order valence-corrected chi connectivity index (χ1v) is 47.2. The van der Waals surface area contributed by atoms with Crippen molar-refractivity contribution in [1.29, 1.82) is 0 Å². The van der Waals surface area contributed by atoms with Gasteiger partial charge in [0.1, 0.15) is 17.5 Å². The first-order valence-electron chi connectivity index (χ1n) is 47.2. The van der Waals surface area contributed by atoms with Crippen molar-refractivity contribution in [2.45, 2.75) is 130 Å². The van der Waals surface area contributed by atoms with Crippen LogP contribution < -0.4 is 0 Å². The van der Waals surface area contributed by atoms with E-state index in [1.807, 2.05) is 0 Å². The molecule has 634 valence electrons. The summed E-state index contributed by atoms with van der Waals surface area (Å²) in [6.45, 7) is 20.8. The molecule has 6 heteroatoms. The minimum absolute atomic E-state index is 0.200. The molecule has 0 unspecified atom stereocenters. The topological polar surface area (TPSA) is 53.5 Å². The Kier molecular flexibility index (Phi) is 19.8. The van der Waals surface area contributed by atoms with Crippen molar-refractivity contribution < 1.29 is 0 Å². The molecule has 4 aliphatic rings. The first-order chi connectivity index (χ1) is 64.2. The lowest BCUT2D eigenvalue weighted by Gasteiger charge is -2.37. The molecule has 19 aromatic carbocycles. The van der Waals surface area contributed by atoms with E-state index < -0.39 is 0 Å². The molecule has 0 N–H and O–H groups in total. The van der Waals surface area contributed by atoms with Crippen LogP contribution in [0.5, 0.6) is 0 Å². The third-order valence-corrected chi connectivity index (χ3v) is 29.2. The number of aryl methyl sites for hydroxylation is 3. The van der Waals surface area contributed by atoms with Gasteiger partial charge >= 0.3 is 0 Å². The lowest BCUT2D eigenvalue weighted by Crippen LogP contribution is -2.27. The van der Waals surface area contributed by atoms with Crippen molar-refractivity contribution in [1.82, 2.24) is 28.7 Å². The van der Waals surface area contributed by atoms with Crippen molar-refractivity contribution in [2.24, 2.45) is 0 Å². The van der Waals surface area contributed by atoms with Gasteiger partial charge < -0.3 is 0 Å². The maximum atomic E-state index is 5.15. The van der Waals surface area contributed by atoms with Crippen LogP contribution in [0, 0.1) is 6.92 Å². The highest BCUT2D eigenvalue weighted by Crippen LogP contribution is 2.57. The van der Waals surface area contributed by atoms with Crippen LogP contribution in [-0.2, 0) is 29.1 Å². The van der Waals surface area contributed by atoms with Crippen LogP contribution in [0.2, 0.25) is 0 Å². The molecule has 0 atom stereocenters. The molecule has 22 aromatic rings. The first kappa shape index (κ1) is 80.7. The predicted octanol–water partition coefficient (Wildman–Crippen LogP) is 33.4. The van der Waals surface area contributed by atoms with E-state index in [0.717, 1.165) is 46.9 Å². The Morgan fingerprint density at radius 3 is 0.969 bits per heavy atom. The number of hydrogen-bond donors (Lipinski definition) is 0. The second-order valence-electron chi connectivity index (χ2n) is 37.7. The standard InChI is InChI=1S/C44H34N2.C38H30N2.C37H28N2.C6H12/c1-4-39-45-37-26-25-31(42-43(37)46(39)38-22-14-13-21-36(38)44(42,2)3)30-23-24-34-35(27-30)41(29-17-9-6-10-18-29)33-20-12-11-19-32(33)40(34)28-15-7-5-8-16-28;1-4-33-39-31-22-13-21-30-37(31)40(33)32-23-12-20-29(36(32)38(30,2)3)35-27-18-10-8-16-25(27)34(24-14-6-5-7-15-24)26-17-9-11-19-28(26)35;1-23-38-31-22-21-29(35-36(31)39(23)32-20-12-11-19-30(32)37(35,2)3)34-27-17-9-7-15-25(27)33(24-13-5-4-6-14-24)26-16-8-10-18-28(26)34;1-2-4-6-5-3-1/h5-27H,4H2,1-3H3;5-23H,4H2,1-3H3;4-22H,1-3H3;1-6H2. The number of nitrogens with zero attached hydrogens (tertiary/aromatic N) is 6. The molecule has 131 heavy (non-hydrogen) atoms. The van der Waals surface area contributed by atoms with Crippen LogP contribution in [0.15, 0.2) is 370 Å². The molecule has 1 aliphatic carbocycles. The fraction of sp³-hybridized carbons (Fsp3) is 0.160. The Balaban J connectivity index is 0.000000108. The third kappa shape index (κ3) is 12.8. The molecule has 0 bridgehead atoms. The Bertz CT molecular complexity index is 8190. The van der Waals surface area contributed by atoms with Gasteiger partial charge in [-0.3, -0.25) is 13.7 Å². The van der Waals surface area contributed by atoms with E-state index >= 15 is 0 Å². The fourth-order valence-electron chi connectivity index (χ4n) is 23.5. The zero-order valence-corrected chi connectivity index (χ0v) is 76.1. The molecule has 0 spiro atoms. The van der Waals surface area contributed by atoms with Crippen molar-refractivity contribution >= 4 is 97.7 Å². The van der Waals surface area contributed by atoms with E-state index in [1.54, 1.807) is 0 Å². The average Bonchev–Trinajstić information content (AvgIpc) is 1.64. The van der Waals surface area contributed by atoms with Crippen LogP contribution in [-0.4, -0.2) is 28.7 Å². The molecule has 3 aliphatic heterocycles. The molecular weight excluding hydrogens is 1590 g/mol. The molecule has 26 rings (SSSR count). The summed E-state index contributed by atoms with van der Waals surface area (Å²) in [5.41, 5.74) is 36.0. The van der Waals surface area contributed by atoms with E-state index in [0.29, 0.717) is 0 Å². The smallest absolute Gasteiger partial charge is 0.114 e. The molecular formula is C125H104N6. The van der Waals surface area contributed by atoms with Gasteiger partial charge in [0.05, 0.1) is 50.2 Å². The normalized spacial score (nSPS) is 14.1. The summed E-state index contributed by atoms with van der Waals surface area (Å²) >= 11 is 0. The zero-order valence-electron chi connectivity index (χ0n) is 76.1. The van der Waals surface area contributed by atoms with Gasteiger partial charge in [-0.05, 0) is 225 Å². The highest BCUT2D eigenvalue weighted by molar-refractivity contribution is 6.25. The van der Waals surface area contributed by atoms with Crippen molar-refractivity contribution in [3.05, 3.63) is 421 Å². The molecule has 6 nitrogen and oxygen atoms in total. The number of rotatable bonds is 9. The van der Waals surface area contributed by atoms with Gasteiger partial charge in [-0.15, -0.1) is 0 Å². The van der Waals surface area contributed by atoms with Crippen LogP contribution in [0.3, 0.4) is 0 Å². The van der Waals surface area contributed by atoms with Crippen molar-refractivity contribution in [3.63, 3.8) is 0 Å². The zero-order chi connectivity index (χ0) is 88.5. The fourth-order valence-corrected chi connectivity index (χ4v) is 23.5. The summed E-state index contributed by atoms with van der Waals surface area (Å²) in [6.07, 6.45) is 10.8. The molecule has 0 amide bonds. The van der Waals surface area contributed by atoms with E-state index in [2.05, 4.69) is 446 Å². The van der Waals surface area contributed by atoms with Crippen LogP contribution in [0.25, 0.3) is 193 Å². The van der Waals surface area contributed by atoms with E-state index in [4.69, 9.17) is 15.0 Å². The Labute approximate surface area is 766 Å². The largest absolute Gasteiger partial charge is 0.296 e. The van der Waals surface area contributed by atoms with Gasteiger partial charge in [0.15, 0.2) is 0 Å². The monoisotopic (exact) mass is 1690 g/mol. The van der Waals surface area contributed by atoms with Gasteiger partial charge in [0, 0.05) is 29.1 Å². The number of para-hydroxylation sites is 3. The quantitative estimate of drug-likeness (QED) is 0.135. The van der Waals surface area contributed by atoms with Gasteiger partial charge in [0.2, 0.25) is 0 Å².